The number of nitrogens with one attached hydrogen (secondary N) is 1. The number of hydrogen-bond acceptors (Lipinski definition) is 5. The number of rotatable bonds is 5. The van der Waals surface area contributed by atoms with Gasteiger partial charge in [0.25, 0.3) is 5.69 Å². The lowest BCUT2D eigenvalue weighted by molar-refractivity contribution is -0.384. The minimum absolute atomic E-state index is 0.0204. The standard InChI is InChI=1S/C15H14FN3O3/c1-2-14(13-9-10(16)3-8-15(13)20)18-17-11-4-6-12(7-5-11)19(21)22/h3-9,17,20H,2H2,1H3/b18-14-. The third-order valence-corrected chi connectivity index (χ3v) is 3.00. The number of aromatic hydroxyl groups is 1. The number of anilines is 1. The highest BCUT2D eigenvalue weighted by Gasteiger charge is 2.09. The number of phenols is 1. The number of nitro benzene ring substituents is 1. The van der Waals surface area contributed by atoms with Gasteiger partial charge in [-0.1, -0.05) is 6.92 Å². The van der Waals surface area contributed by atoms with Crippen molar-refractivity contribution < 1.29 is 14.4 Å². The van der Waals surface area contributed by atoms with Crippen molar-refractivity contribution in [2.24, 2.45) is 5.10 Å². The van der Waals surface area contributed by atoms with Crippen molar-refractivity contribution in [3.8, 4) is 5.75 Å². The minimum Gasteiger partial charge on any atom is -0.507 e. The Bertz CT molecular complexity index is 714. The van der Waals surface area contributed by atoms with E-state index in [1.165, 1.54) is 36.4 Å². The summed E-state index contributed by atoms with van der Waals surface area (Å²) in [5.41, 5.74) is 4.04. The maximum absolute atomic E-state index is 13.3. The van der Waals surface area contributed by atoms with Gasteiger partial charge in [0.15, 0.2) is 0 Å². The van der Waals surface area contributed by atoms with E-state index in [1.807, 2.05) is 6.92 Å². The molecule has 114 valence electrons. The zero-order chi connectivity index (χ0) is 16.1. The van der Waals surface area contributed by atoms with Crippen LogP contribution in [0.4, 0.5) is 15.8 Å². The maximum Gasteiger partial charge on any atom is 0.269 e. The monoisotopic (exact) mass is 303 g/mol. The Balaban J connectivity index is 2.22. The Morgan fingerprint density at radius 3 is 2.59 bits per heavy atom. The molecular formula is C15H14FN3O3. The Kier molecular flexibility index (Phi) is 4.67. The second-order valence-corrected chi connectivity index (χ2v) is 4.49. The Labute approximate surface area is 126 Å². The second kappa shape index (κ2) is 6.66. The van der Waals surface area contributed by atoms with Crippen molar-refractivity contribution >= 4 is 17.1 Å². The highest BCUT2D eigenvalue weighted by molar-refractivity contribution is 6.02. The Morgan fingerprint density at radius 2 is 2.00 bits per heavy atom. The molecule has 0 radical (unpaired) electrons. The molecule has 6 nitrogen and oxygen atoms in total. The normalized spacial score (nSPS) is 11.3. The molecule has 0 aliphatic carbocycles. The van der Waals surface area contributed by atoms with Gasteiger partial charge in [-0.2, -0.15) is 5.10 Å². The van der Waals surface area contributed by atoms with Crippen LogP contribution in [0.1, 0.15) is 18.9 Å². The van der Waals surface area contributed by atoms with Crippen LogP contribution >= 0.6 is 0 Å². The lowest BCUT2D eigenvalue weighted by Crippen LogP contribution is -2.04. The molecule has 2 aromatic rings. The van der Waals surface area contributed by atoms with Gasteiger partial charge in [-0.15, -0.1) is 0 Å². The number of non-ortho nitro benzene ring substituents is 1. The van der Waals surface area contributed by atoms with E-state index in [-0.39, 0.29) is 11.4 Å². The first-order chi connectivity index (χ1) is 10.5. The smallest absolute Gasteiger partial charge is 0.269 e. The molecule has 0 spiro atoms. The molecule has 0 atom stereocenters. The predicted molar refractivity (Wildman–Crippen MR) is 81.6 cm³/mol. The second-order valence-electron chi connectivity index (χ2n) is 4.49. The molecule has 0 aliphatic rings. The summed E-state index contributed by atoms with van der Waals surface area (Å²) < 4.78 is 13.3. The van der Waals surface area contributed by atoms with Gasteiger partial charge < -0.3 is 5.11 Å². The van der Waals surface area contributed by atoms with Crippen LogP contribution in [0.15, 0.2) is 47.6 Å². The van der Waals surface area contributed by atoms with E-state index >= 15 is 0 Å². The van der Waals surface area contributed by atoms with E-state index in [0.29, 0.717) is 23.4 Å². The van der Waals surface area contributed by atoms with E-state index in [9.17, 15) is 19.6 Å². The summed E-state index contributed by atoms with van der Waals surface area (Å²) in [6.45, 7) is 1.82. The first-order valence-electron chi connectivity index (χ1n) is 6.57. The fourth-order valence-electron chi connectivity index (χ4n) is 1.86. The van der Waals surface area contributed by atoms with Crippen molar-refractivity contribution in [1.82, 2.24) is 0 Å². The van der Waals surface area contributed by atoms with Gasteiger partial charge in [-0.3, -0.25) is 15.5 Å². The van der Waals surface area contributed by atoms with Crippen LogP contribution in [0, 0.1) is 15.9 Å². The third-order valence-electron chi connectivity index (χ3n) is 3.00. The fourth-order valence-corrected chi connectivity index (χ4v) is 1.86. The van der Waals surface area contributed by atoms with Crippen molar-refractivity contribution in [2.75, 3.05) is 5.43 Å². The summed E-state index contributed by atoms with van der Waals surface area (Å²) in [6, 6.07) is 9.36. The molecule has 22 heavy (non-hydrogen) atoms. The highest BCUT2D eigenvalue weighted by Crippen LogP contribution is 2.21. The van der Waals surface area contributed by atoms with Crippen molar-refractivity contribution in [3.05, 3.63) is 64.0 Å². The third kappa shape index (κ3) is 3.57. The average Bonchev–Trinajstić information content (AvgIpc) is 2.51. The van der Waals surface area contributed by atoms with Crippen molar-refractivity contribution in [1.29, 1.82) is 0 Å². The van der Waals surface area contributed by atoms with Crippen LogP contribution in [0.2, 0.25) is 0 Å². The summed E-state index contributed by atoms with van der Waals surface area (Å²) in [5, 5.41) is 24.5. The van der Waals surface area contributed by atoms with E-state index in [4.69, 9.17) is 0 Å². The van der Waals surface area contributed by atoms with E-state index in [2.05, 4.69) is 10.5 Å². The van der Waals surface area contributed by atoms with E-state index in [1.54, 1.807) is 0 Å². The predicted octanol–water partition coefficient (Wildman–Crippen LogP) is 3.67. The number of nitro groups is 1. The van der Waals surface area contributed by atoms with E-state index in [0.717, 1.165) is 6.07 Å². The summed E-state index contributed by atoms with van der Waals surface area (Å²) >= 11 is 0. The Hall–Kier alpha value is -2.96. The maximum atomic E-state index is 13.3. The zero-order valence-electron chi connectivity index (χ0n) is 11.8. The van der Waals surface area contributed by atoms with Gasteiger partial charge in [0, 0.05) is 17.7 Å². The SMILES string of the molecule is CC/C(=N/Nc1ccc([N+](=O)[O-])cc1)c1cc(F)ccc1O. The molecule has 0 bridgehead atoms. The fraction of sp³-hybridized carbons (Fsp3) is 0.133. The molecule has 0 aliphatic heterocycles. The molecule has 0 saturated carbocycles. The lowest BCUT2D eigenvalue weighted by atomic mass is 10.1. The van der Waals surface area contributed by atoms with Crippen LogP contribution < -0.4 is 5.43 Å². The molecule has 2 N–H and O–H groups in total. The van der Waals surface area contributed by atoms with Gasteiger partial charge in [-0.05, 0) is 36.8 Å². The molecule has 0 aromatic heterocycles. The Morgan fingerprint density at radius 1 is 1.32 bits per heavy atom. The minimum atomic E-state index is -0.491. The molecule has 2 rings (SSSR count). The number of halogens is 1. The van der Waals surface area contributed by atoms with E-state index < -0.39 is 10.7 Å². The first kappa shape index (κ1) is 15.4. The number of benzene rings is 2. The first-order valence-corrected chi connectivity index (χ1v) is 6.57. The summed E-state index contributed by atoms with van der Waals surface area (Å²) in [4.78, 5) is 10.1. The number of phenolic OH excluding ortho intramolecular Hbond substituents is 1. The highest BCUT2D eigenvalue weighted by atomic mass is 19.1. The molecule has 0 unspecified atom stereocenters. The molecule has 0 amide bonds. The van der Waals surface area contributed by atoms with Crippen LogP contribution in [0.5, 0.6) is 5.75 Å². The van der Waals surface area contributed by atoms with Crippen LogP contribution in [-0.4, -0.2) is 15.7 Å². The van der Waals surface area contributed by atoms with Crippen LogP contribution in [0.3, 0.4) is 0 Å². The number of hydrogen-bond donors (Lipinski definition) is 2. The number of hydrazone groups is 1. The van der Waals surface area contributed by atoms with Gasteiger partial charge in [0.1, 0.15) is 11.6 Å². The number of nitrogens with zero attached hydrogens (tertiary/aromatic N) is 2. The molecule has 7 heteroatoms. The quantitative estimate of drug-likeness (QED) is 0.501. The lowest BCUT2D eigenvalue weighted by Gasteiger charge is -2.08. The molecule has 0 fully saturated rings. The average molecular weight is 303 g/mol. The molecule has 0 heterocycles. The summed E-state index contributed by atoms with van der Waals surface area (Å²) in [5.74, 6) is -0.531. The van der Waals surface area contributed by atoms with Gasteiger partial charge in [0.05, 0.1) is 16.3 Å². The molecule has 2 aromatic carbocycles. The van der Waals surface area contributed by atoms with Gasteiger partial charge in [0.2, 0.25) is 0 Å². The topological polar surface area (TPSA) is 87.8 Å². The molecule has 0 saturated heterocycles. The van der Waals surface area contributed by atoms with Crippen molar-refractivity contribution in [3.63, 3.8) is 0 Å². The summed E-state index contributed by atoms with van der Waals surface area (Å²) in [6.07, 6.45) is 0.469. The van der Waals surface area contributed by atoms with Crippen LogP contribution in [-0.2, 0) is 0 Å². The van der Waals surface area contributed by atoms with Crippen LogP contribution in [0.25, 0.3) is 0 Å². The zero-order valence-corrected chi connectivity index (χ0v) is 11.8. The summed E-state index contributed by atoms with van der Waals surface area (Å²) in [7, 11) is 0. The van der Waals surface area contributed by atoms with Crippen molar-refractivity contribution in [2.45, 2.75) is 13.3 Å². The molecular weight excluding hydrogens is 289 g/mol. The van der Waals surface area contributed by atoms with Gasteiger partial charge >= 0.3 is 0 Å². The largest absolute Gasteiger partial charge is 0.507 e. The van der Waals surface area contributed by atoms with Gasteiger partial charge in [-0.25, -0.2) is 4.39 Å².